The number of nitrogens with zero attached hydrogens (tertiary/aromatic N) is 2. The fourth-order valence-electron chi connectivity index (χ4n) is 5.41. The lowest BCUT2D eigenvalue weighted by Crippen LogP contribution is -2.54. The maximum atomic E-state index is 13.1. The zero-order valence-corrected chi connectivity index (χ0v) is 22.1. The Bertz CT molecular complexity index is 1130. The van der Waals surface area contributed by atoms with E-state index in [-0.39, 0.29) is 18.1 Å². The van der Waals surface area contributed by atoms with Crippen LogP contribution in [0.4, 0.5) is 15.3 Å². The number of rotatable bonds is 7. The number of aryl methyl sites for hydroxylation is 2. The third kappa shape index (κ3) is 6.24. The first-order chi connectivity index (χ1) is 17.9. The molecule has 4 rings (SSSR count). The standard InChI is InChI=1S/C29H38N4O4/c1-4-21-11-10-20(18-22(21)5-2)19-26(27(34)37-3)31-28(35)32-15-13-24(14-16-32)33-17-12-23-8-6-7-9-25(23)30-29(33)36/h6-11,18,24,26H,4-5,12-17,19H2,1-3H3,(H,30,36)(H,31,35)/t26-/m1/s1. The summed E-state index contributed by atoms with van der Waals surface area (Å²) in [6, 6.07) is 13.1. The second-order valence-corrected chi connectivity index (χ2v) is 9.79. The van der Waals surface area contributed by atoms with Crippen LogP contribution in [0.2, 0.25) is 0 Å². The molecule has 4 amide bonds. The number of esters is 1. The molecule has 0 spiro atoms. The Kier molecular flexibility index (Phi) is 8.69. The van der Waals surface area contributed by atoms with Gasteiger partial charge in [-0.15, -0.1) is 0 Å². The number of carbonyl (C=O) groups is 3. The van der Waals surface area contributed by atoms with E-state index in [9.17, 15) is 14.4 Å². The van der Waals surface area contributed by atoms with Gasteiger partial charge in [-0.2, -0.15) is 0 Å². The van der Waals surface area contributed by atoms with Crippen molar-refractivity contribution in [2.45, 2.75) is 64.5 Å². The number of anilines is 1. The summed E-state index contributed by atoms with van der Waals surface area (Å²) in [5.41, 5.74) is 5.57. The first-order valence-electron chi connectivity index (χ1n) is 13.3. The maximum Gasteiger partial charge on any atom is 0.328 e. The Balaban J connectivity index is 1.35. The normalized spacial score (nSPS) is 16.9. The van der Waals surface area contributed by atoms with Gasteiger partial charge in [0.05, 0.1) is 7.11 Å². The molecule has 1 saturated heterocycles. The molecule has 8 heteroatoms. The monoisotopic (exact) mass is 506 g/mol. The van der Waals surface area contributed by atoms with Crippen LogP contribution in [-0.4, -0.2) is 66.7 Å². The predicted octanol–water partition coefficient (Wildman–Crippen LogP) is 4.16. The van der Waals surface area contributed by atoms with E-state index in [4.69, 9.17) is 4.74 Å². The molecule has 2 aliphatic rings. The first kappa shape index (κ1) is 26.5. The minimum atomic E-state index is -0.762. The molecule has 8 nitrogen and oxygen atoms in total. The minimum Gasteiger partial charge on any atom is -0.467 e. The van der Waals surface area contributed by atoms with E-state index in [2.05, 4.69) is 36.6 Å². The Morgan fingerprint density at radius 1 is 1.05 bits per heavy atom. The number of fused-ring (bicyclic) bond motifs is 1. The number of urea groups is 2. The number of ether oxygens (including phenoxy) is 1. The van der Waals surface area contributed by atoms with E-state index < -0.39 is 12.0 Å². The Labute approximate surface area is 219 Å². The number of piperidine rings is 1. The highest BCUT2D eigenvalue weighted by Crippen LogP contribution is 2.24. The first-order valence-corrected chi connectivity index (χ1v) is 13.3. The van der Waals surface area contributed by atoms with Crippen molar-refractivity contribution in [2.24, 2.45) is 0 Å². The van der Waals surface area contributed by atoms with Crippen LogP contribution in [0.1, 0.15) is 48.9 Å². The molecule has 2 aliphatic heterocycles. The highest BCUT2D eigenvalue weighted by Gasteiger charge is 2.32. The summed E-state index contributed by atoms with van der Waals surface area (Å²) in [6.45, 7) is 5.95. The van der Waals surface area contributed by atoms with Crippen LogP contribution < -0.4 is 10.6 Å². The van der Waals surface area contributed by atoms with Crippen molar-refractivity contribution >= 4 is 23.7 Å². The highest BCUT2D eigenvalue weighted by atomic mass is 16.5. The summed E-state index contributed by atoms with van der Waals surface area (Å²) in [5, 5.41) is 5.93. The molecule has 2 heterocycles. The molecular weight excluding hydrogens is 468 g/mol. The van der Waals surface area contributed by atoms with Gasteiger partial charge in [-0.1, -0.05) is 50.2 Å². The van der Waals surface area contributed by atoms with Crippen molar-refractivity contribution in [3.05, 3.63) is 64.7 Å². The molecule has 0 aliphatic carbocycles. The zero-order chi connectivity index (χ0) is 26.4. The van der Waals surface area contributed by atoms with Crippen LogP contribution in [0, 0.1) is 0 Å². The average Bonchev–Trinajstić information content (AvgIpc) is 3.10. The topological polar surface area (TPSA) is 91.0 Å². The van der Waals surface area contributed by atoms with E-state index in [1.807, 2.05) is 35.2 Å². The van der Waals surface area contributed by atoms with Gasteiger partial charge < -0.3 is 25.2 Å². The van der Waals surface area contributed by atoms with Gasteiger partial charge in [0.1, 0.15) is 6.04 Å². The molecule has 2 aromatic rings. The lowest BCUT2D eigenvalue weighted by atomic mass is 9.97. The van der Waals surface area contributed by atoms with Crippen LogP contribution in [0.5, 0.6) is 0 Å². The quantitative estimate of drug-likeness (QED) is 0.552. The number of para-hydroxylation sites is 1. The molecule has 37 heavy (non-hydrogen) atoms. The van der Waals surface area contributed by atoms with Crippen molar-refractivity contribution in [3.63, 3.8) is 0 Å². The maximum absolute atomic E-state index is 13.1. The summed E-state index contributed by atoms with van der Waals surface area (Å²) in [4.78, 5) is 42.1. The molecular formula is C29H38N4O4. The summed E-state index contributed by atoms with van der Waals surface area (Å²) in [7, 11) is 1.34. The van der Waals surface area contributed by atoms with Crippen molar-refractivity contribution in [2.75, 3.05) is 32.1 Å². The lowest BCUT2D eigenvalue weighted by molar-refractivity contribution is -0.142. The van der Waals surface area contributed by atoms with E-state index in [1.165, 1.54) is 18.2 Å². The molecule has 0 aromatic heterocycles. The van der Waals surface area contributed by atoms with Crippen LogP contribution in [0.15, 0.2) is 42.5 Å². The van der Waals surface area contributed by atoms with Gasteiger partial charge in [0, 0.05) is 37.8 Å². The van der Waals surface area contributed by atoms with Gasteiger partial charge in [-0.05, 0) is 60.4 Å². The fraction of sp³-hybridized carbons (Fsp3) is 0.483. The lowest BCUT2D eigenvalue weighted by Gasteiger charge is -2.38. The Morgan fingerprint density at radius 2 is 1.78 bits per heavy atom. The number of carbonyl (C=O) groups excluding carboxylic acids is 3. The molecule has 2 N–H and O–H groups in total. The second-order valence-electron chi connectivity index (χ2n) is 9.79. The third-order valence-corrected chi connectivity index (χ3v) is 7.59. The van der Waals surface area contributed by atoms with Gasteiger partial charge in [0.25, 0.3) is 0 Å². The van der Waals surface area contributed by atoms with Gasteiger partial charge in [0.2, 0.25) is 0 Å². The summed E-state index contributed by atoms with van der Waals surface area (Å²) in [5.74, 6) is -0.457. The van der Waals surface area contributed by atoms with Gasteiger partial charge in [0.15, 0.2) is 0 Å². The number of methoxy groups -OCH3 is 1. The summed E-state index contributed by atoms with van der Waals surface area (Å²) >= 11 is 0. The summed E-state index contributed by atoms with van der Waals surface area (Å²) < 4.78 is 5.00. The van der Waals surface area contributed by atoms with Gasteiger partial charge in [-0.25, -0.2) is 14.4 Å². The molecule has 1 atom stereocenters. The molecule has 0 bridgehead atoms. The summed E-state index contributed by atoms with van der Waals surface area (Å²) in [6.07, 6.45) is 4.44. The zero-order valence-electron chi connectivity index (χ0n) is 22.1. The average molecular weight is 507 g/mol. The Morgan fingerprint density at radius 3 is 2.49 bits per heavy atom. The van der Waals surface area contributed by atoms with Crippen LogP contribution in [0.3, 0.4) is 0 Å². The van der Waals surface area contributed by atoms with Crippen LogP contribution >= 0.6 is 0 Å². The number of nitrogens with one attached hydrogen (secondary N) is 2. The number of benzene rings is 2. The number of amides is 4. The van der Waals surface area contributed by atoms with E-state index in [1.54, 1.807) is 4.90 Å². The van der Waals surface area contributed by atoms with Crippen molar-refractivity contribution in [1.29, 1.82) is 0 Å². The van der Waals surface area contributed by atoms with E-state index in [0.717, 1.165) is 36.1 Å². The highest BCUT2D eigenvalue weighted by molar-refractivity contribution is 5.91. The van der Waals surface area contributed by atoms with Crippen LogP contribution in [-0.2, 0) is 35.2 Å². The van der Waals surface area contributed by atoms with Crippen molar-refractivity contribution < 1.29 is 19.1 Å². The number of hydrogen-bond donors (Lipinski definition) is 2. The van der Waals surface area contributed by atoms with Crippen molar-refractivity contribution in [3.8, 4) is 0 Å². The largest absolute Gasteiger partial charge is 0.467 e. The third-order valence-electron chi connectivity index (χ3n) is 7.59. The van der Waals surface area contributed by atoms with Gasteiger partial charge >= 0.3 is 18.0 Å². The molecule has 198 valence electrons. The fourth-order valence-corrected chi connectivity index (χ4v) is 5.41. The second kappa shape index (κ2) is 12.1. The molecule has 2 aromatic carbocycles. The predicted molar refractivity (Wildman–Crippen MR) is 144 cm³/mol. The smallest absolute Gasteiger partial charge is 0.328 e. The SMILES string of the molecule is CCc1ccc(C[C@@H](NC(=O)N2CCC(N3CCc4ccccc4NC3=O)CC2)C(=O)OC)cc1CC. The molecule has 0 unspecified atom stereocenters. The van der Waals surface area contributed by atoms with Crippen LogP contribution in [0.25, 0.3) is 0 Å². The number of likely N-dealkylation sites (tertiary alicyclic amines) is 1. The number of hydrogen-bond acceptors (Lipinski definition) is 4. The van der Waals surface area contributed by atoms with Gasteiger partial charge in [-0.3, -0.25) is 0 Å². The molecule has 0 saturated carbocycles. The Hall–Kier alpha value is -3.55. The van der Waals surface area contributed by atoms with Crippen molar-refractivity contribution in [1.82, 2.24) is 15.1 Å². The minimum absolute atomic E-state index is 0.0688. The van der Waals surface area contributed by atoms with E-state index >= 15 is 0 Å². The van der Waals surface area contributed by atoms with E-state index in [0.29, 0.717) is 38.9 Å². The molecule has 1 fully saturated rings. The molecule has 0 radical (unpaired) electrons.